The van der Waals surface area contributed by atoms with E-state index in [9.17, 15) is 22.4 Å². The number of para-hydroxylation sites is 1. The molecule has 0 spiro atoms. The van der Waals surface area contributed by atoms with Crippen LogP contribution >= 0.6 is 0 Å². The van der Waals surface area contributed by atoms with Gasteiger partial charge in [-0.1, -0.05) is 18.2 Å². The maximum atomic E-state index is 13.6. The second-order valence-electron chi connectivity index (χ2n) is 6.81. The quantitative estimate of drug-likeness (QED) is 0.543. The van der Waals surface area contributed by atoms with E-state index in [1.54, 1.807) is 0 Å². The molecule has 0 atom stereocenters. The first-order valence-corrected chi connectivity index (χ1v) is 8.83. The number of rotatable bonds is 1. The fraction of sp³-hybridized carbons (Fsp3) is 0.250. The van der Waals surface area contributed by atoms with E-state index in [1.807, 2.05) is 24.3 Å². The summed E-state index contributed by atoms with van der Waals surface area (Å²) in [4.78, 5) is 17.4. The molecule has 0 unspecified atom stereocenters. The van der Waals surface area contributed by atoms with E-state index in [0.717, 1.165) is 47.1 Å². The number of nitrogens with zero attached hydrogens (tertiary/aromatic N) is 1. The molecule has 2 amide bonds. The zero-order chi connectivity index (χ0) is 19.9. The van der Waals surface area contributed by atoms with Gasteiger partial charge in [0.2, 0.25) is 0 Å². The van der Waals surface area contributed by atoms with Crippen molar-refractivity contribution < 1.29 is 22.4 Å². The molecular weight excluding hydrogens is 374 g/mol. The lowest BCUT2D eigenvalue weighted by molar-refractivity contribution is -0.137. The van der Waals surface area contributed by atoms with Crippen molar-refractivity contribution in [2.45, 2.75) is 25.6 Å². The number of carbonyl (C=O) groups is 1. The molecule has 0 saturated heterocycles. The molecule has 1 aliphatic heterocycles. The molecule has 0 saturated carbocycles. The third-order valence-corrected chi connectivity index (χ3v) is 4.87. The van der Waals surface area contributed by atoms with E-state index in [4.69, 9.17) is 0 Å². The molecule has 4 nitrogen and oxygen atoms in total. The van der Waals surface area contributed by atoms with Crippen molar-refractivity contribution >= 4 is 22.6 Å². The Morgan fingerprint density at radius 3 is 2.71 bits per heavy atom. The Bertz CT molecular complexity index is 1040. The fourth-order valence-electron chi connectivity index (χ4n) is 3.59. The predicted molar refractivity (Wildman–Crippen MR) is 97.5 cm³/mol. The second kappa shape index (κ2) is 6.85. The van der Waals surface area contributed by atoms with E-state index in [0.29, 0.717) is 19.2 Å². The zero-order valence-electron chi connectivity index (χ0n) is 14.7. The first-order chi connectivity index (χ1) is 13.3. The van der Waals surface area contributed by atoms with Gasteiger partial charge < -0.3 is 15.2 Å². The van der Waals surface area contributed by atoms with Crippen LogP contribution in [0.15, 0.2) is 42.5 Å². The third-order valence-electron chi connectivity index (χ3n) is 4.87. The molecule has 0 fully saturated rings. The molecule has 1 aromatic heterocycles. The normalized spacial score (nSPS) is 14.6. The number of urea groups is 1. The molecule has 4 rings (SSSR count). The lowest BCUT2D eigenvalue weighted by atomic mass is 10.1. The van der Waals surface area contributed by atoms with Gasteiger partial charge in [-0.2, -0.15) is 13.2 Å². The average Bonchev–Trinajstić information content (AvgIpc) is 2.83. The summed E-state index contributed by atoms with van der Waals surface area (Å²) in [6.07, 6.45) is -3.18. The van der Waals surface area contributed by atoms with Crippen LogP contribution in [-0.4, -0.2) is 22.5 Å². The number of carbonyl (C=O) groups excluding carboxylic acids is 1. The number of alkyl halides is 3. The number of hydrogen-bond donors (Lipinski definition) is 2. The highest BCUT2D eigenvalue weighted by Gasteiger charge is 2.32. The van der Waals surface area contributed by atoms with E-state index < -0.39 is 23.6 Å². The highest BCUT2D eigenvalue weighted by molar-refractivity contribution is 5.90. The molecule has 2 aromatic carbocycles. The predicted octanol–water partition coefficient (Wildman–Crippen LogP) is 5.31. The Kier molecular flexibility index (Phi) is 4.49. The van der Waals surface area contributed by atoms with Gasteiger partial charge in [-0.25, -0.2) is 9.18 Å². The van der Waals surface area contributed by atoms with Crippen LogP contribution in [0.5, 0.6) is 0 Å². The standard InChI is InChI=1S/C20H17F4N3O/c21-13-8-12(20(22,23)24)9-14(10-13)25-19(28)27-7-3-5-16-15-4-1-2-6-17(15)26-18(16)11-27/h1-2,4,6,8-10,26H,3,5,7,11H2,(H,25,28). The summed E-state index contributed by atoms with van der Waals surface area (Å²) in [7, 11) is 0. The van der Waals surface area contributed by atoms with Crippen LogP contribution < -0.4 is 5.32 Å². The third kappa shape index (κ3) is 3.54. The van der Waals surface area contributed by atoms with Crippen molar-refractivity contribution in [2.24, 2.45) is 0 Å². The van der Waals surface area contributed by atoms with Gasteiger partial charge in [0.1, 0.15) is 5.82 Å². The van der Waals surface area contributed by atoms with Crippen LogP contribution in [0.25, 0.3) is 10.9 Å². The molecule has 8 heteroatoms. The zero-order valence-corrected chi connectivity index (χ0v) is 14.7. The molecule has 0 aliphatic carbocycles. The monoisotopic (exact) mass is 391 g/mol. The number of aryl methyl sites for hydroxylation is 1. The number of fused-ring (bicyclic) bond motifs is 3. The van der Waals surface area contributed by atoms with Crippen LogP contribution in [0.1, 0.15) is 23.2 Å². The number of hydrogen-bond acceptors (Lipinski definition) is 1. The highest BCUT2D eigenvalue weighted by atomic mass is 19.4. The van der Waals surface area contributed by atoms with Crippen LogP contribution in [0.4, 0.5) is 28.0 Å². The first kappa shape index (κ1) is 18.3. The van der Waals surface area contributed by atoms with Crippen molar-refractivity contribution in [1.82, 2.24) is 9.88 Å². The molecule has 0 radical (unpaired) electrons. The first-order valence-electron chi connectivity index (χ1n) is 8.83. The van der Waals surface area contributed by atoms with Gasteiger partial charge in [0.25, 0.3) is 0 Å². The minimum atomic E-state index is -4.69. The molecule has 1 aliphatic rings. The van der Waals surface area contributed by atoms with Crippen molar-refractivity contribution in [3.63, 3.8) is 0 Å². The smallest absolute Gasteiger partial charge is 0.357 e. The van der Waals surface area contributed by atoms with Crippen LogP contribution in [0, 0.1) is 5.82 Å². The summed E-state index contributed by atoms with van der Waals surface area (Å²) < 4.78 is 52.2. The summed E-state index contributed by atoms with van der Waals surface area (Å²) in [5.74, 6) is -1.06. The molecular formula is C20H17F4N3O. The van der Waals surface area contributed by atoms with Crippen molar-refractivity contribution in [3.8, 4) is 0 Å². The minimum absolute atomic E-state index is 0.224. The number of aromatic nitrogens is 1. The Hall–Kier alpha value is -3.03. The number of benzene rings is 2. The van der Waals surface area contributed by atoms with Crippen molar-refractivity contribution in [1.29, 1.82) is 0 Å². The molecule has 0 bridgehead atoms. The molecule has 28 heavy (non-hydrogen) atoms. The summed E-state index contributed by atoms with van der Waals surface area (Å²) >= 11 is 0. The summed E-state index contributed by atoms with van der Waals surface area (Å²) in [6.45, 7) is 0.751. The Morgan fingerprint density at radius 2 is 1.93 bits per heavy atom. The topological polar surface area (TPSA) is 48.1 Å². The van der Waals surface area contributed by atoms with Gasteiger partial charge >= 0.3 is 12.2 Å². The summed E-state index contributed by atoms with van der Waals surface area (Å²) in [5, 5.41) is 3.50. The lowest BCUT2D eigenvalue weighted by Crippen LogP contribution is -2.34. The molecule has 3 aromatic rings. The fourth-order valence-corrected chi connectivity index (χ4v) is 3.59. The highest BCUT2D eigenvalue weighted by Crippen LogP contribution is 2.32. The number of amides is 2. The largest absolute Gasteiger partial charge is 0.416 e. The maximum absolute atomic E-state index is 13.6. The van der Waals surface area contributed by atoms with Gasteiger partial charge in [-0.15, -0.1) is 0 Å². The van der Waals surface area contributed by atoms with Crippen molar-refractivity contribution in [3.05, 3.63) is 65.1 Å². The molecule has 146 valence electrons. The average molecular weight is 391 g/mol. The summed E-state index contributed by atoms with van der Waals surface area (Å²) in [5.41, 5.74) is 1.67. The van der Waals surface area contributed by atoms with Crippen molar-refractivity contribution in [2.75, 3.05) is 11.9 Å². The SMILES string of the molecule is O=C(Nc1cc(F)cc(C(F)(F)F)c1)N1CCCc2c([nH]c3ccccc23)C1. The van der Waals surface area contributed by atoms with Gasteiger partial charge in [-0.3, -0.25) is 0 Å². The number of anilines is 1. The van der Waals surface area contributed by atoms with E-state index in [-0.39, 0.29) is 5.69 Å². The Morgan fingerprint density at radius 1 is 1.14 bits per heavy atom. The van der Waals surface area contributed by atoms with Crippen LogP contribution in [-0.2, 0) is 19.1 Å². The Balaban J connectivity index is 1.56. The van der Waals surface area contributed by atoms with Gasteiger partial charge in [0, 0.05) is 28.8 Å². The van der Waals surface area contributed by atoms with Gasteiger partial charge in [-0.05, 0) is 42.7 Å². The van der Waals surface area contributed by atoms with E-state index in [1.165, 1.54) is 4.90 Å². The second-order valence-corrected chi connectivity index (χ2v) is 6.81. The molecule has 2 N–H and O–H groups in total. The van der Waals surface area contributed by atoms with Gasteiger partial charge in [0.05, 0.1) is 12.1 Å². The molecule has 2 heterocycles. The van der Waals surface area contributed by atoms with Gasteiger partial charge in [0.15, 0.2) is 0 Å². The van der Waals surface area contributed by atoms with Crippen LogP contribution in [0.3, 0.4) is 0 Å². The maximum Gasteiger partial charge on any atom is 0.416 e. The number of halogens is 4. The van der Waals surface area contributed by atoms with E-state index >= 15 is 0 Å². The Labute approximate surface area is 158 Å². The lowest BCUT2D eigenvalue weighted by Gasteiger charge is -2.21. The minimum Gasteiger partial charge on any atom is -0.357 e. The number of aromatic amines is 1. The summed E-state index contributed by atoms with van der Waals surface area (Å²) in [6, 6.07) is 9.29. The van der Waals surface area contributed by atoms with Crippen LogP contribution in [0.2, 0.25) is 0 Å². The number of H-pyrrole nitrogens is 1. The van der Waals surface area contributed by atoms with E-state index in [2.05, 4.69) is 10.3 Å². The number of nitrogens with one attached hydrogen (secondary N) is 2.